The number of carboxylic acid groups (broad SMARTS) is 1. The Kier molecular flexibility index (Phi) is 7.44. The van der Waals surface area contributed by atoms with E-state index in [9.17, 15) is 14.7 Å². The Morgan fingerprint density at radius 1 is 1.15 bits per heavy atom. The largest absolute Gasteiger partial charge is 0.495 e. The molecule has 0 fully saturated rings. The molecular weight excluding hydrogens is 358 g/mol. The summed E-state index contributed by atoms with van der Waals surface area (Å²) in [7, 11) is 1.50. The third-order valence-corrected chi connectivity index (χ3v) is 3.93. The summed E-state index contributed by atoms with van der Waals surface area (Å²) in [4.78, 5) is 23.4. The van der Waals surface area contributed by atoms with Crippen molar-refractivity contribution in [1.82, 2.24) is 5.32 Å². The molecule has 2 aromatic carbocycles. The molecule has 0 unspecified atom stereocenters. The Hall–Kier alpha value is -2.57. The minimum absolute atomic E-state index is 0.101. The van der Waals surface area contributed by atoms with E-state index < -0.39 is 17.9 Å². The van der Waals surface area contributed by atoms with Gasteiger partial charge in [0, 0.05) is 6.42 Å². The molecular formula is C19H20ClNO5. The van der Waals surface area contributed by atoms with Gasteiger partial charge >= 0.3 is 5.97 Å². The van der Waals surface area contributed by atoms with Crippen molar-refractivity contribution in [3.05, 3.63) is 64.7 Å². The van der Waals surface area contributed by atoms with E-state index in [0.717, 1.165) is 5.56 Å². The first-order valence-electron chi connectivity index (χ1n) is 7.96. The highest BCUT2D eigenvalue weighted by atomic mass is 35.5. The standard InChI is InChI=1S/C19H20ClNO5/c1-25-17-8-7-14(9-15(17)20)10-16(19(23)24)21-18(22)12-26-11-13-5-3-2-4-6-13/h2-9,16H,10-12H2,1H3,(H,21,22)(H,23,24)/t16-/m0/s1. The number of methoxy groups -OCH3 is 1. The summed E-state index contributed by atoms with van der Waals surface area (Å²) in [5, 5.41) is 12.2. The van der Waals surface area contributed by atoms with E-state index in [-0.39, 0.29) is 19.6 Å². The number of hydrogen-bond acceptors (Lipinski definition) is 4. The first-order valence-corrected chi connectivity index (χ1v) is 8.33. The number of carboxylic acids is 1. The van der Waals surface area contributed by atoms with Crippen molar-refractivity contribution in [2.24, 2.45) is 0 Å². The minimum Gasteiger partial charge on any atom is -0.495 e. The molecule has 2 aromatic rings. The fourth-order valence-electron chi connectivity index (χ4n) is 2.34. The van der Waals surface area contributed by atoms with Gasteiger partial charge in [0.05, 0.1) is 18.7 Å². The van der Waals surface area contributed by atoms with Gasteiger partial charge in [-0.1, -0.05) is 48.0 Å². The van der Waals surface area contributed by atoms with Gasteiger partial charge in [-0.05, 0) is 23.3 Å². The molecule has 1 atom stereocenters. The Balaban J connectivity index is 1.87. The number of halogens is 1. The van der Waals surface area contributed by atoms with Gasteiger partial charge in [0.1, 0.15) is 18.4 Å². The Morgan fingerprint density at radius 2 is 1.88 bits per heavy atom. The van der Waals surface area contributed by atoms with E-state index >= 15 is 0 Å². The highest BCUT2D eigenvalue weighted by molar-refractivity contribution is 6.32. The van der Waals surface area contributed by atoms with Crippen LogP contribution in [0, 0.1) is 0 Å². The van der Waals surface area contributed by atoms with E-state index in [2.05, 4.69) is 5.32 Å². The minimum atomic E-state index is -1.13. The van der Waals surface area contributed by atoms with E-state index in [1.807, 2.05) is 30.3 Å². The molecule has 6 nitrogen and oxygen atoms in total. The van der Waals surface area contributed by atoms with Crippen molar-refractivity contribution in [1.29, 1.82) is 0 Å². The summed E-state index contributed by atoms with van der Waals surface area (Å²) >= 11 is 6.05. The lowest BCUT2D eigenvalue weighted by Gasteiger charge is -2.15. The molecule has 0 saturated carbocycles. The fraction of sp³-hybridized carbons (Fsp3) is 0.263. The van der Waals surface area contributed by atoms with Crippen molar-refractivity contribution >= 4 is 23.5 Å². The normalized spacial score (nSPS) is 11.6. The third-order valence-electron chi connectivity index (χ3n) is 3.63. The molecule has 0 aromatic heterocycles. The second-order valence-corrected chi connectivity index (χ2v) is 6.02. The number of aliphatic carboxylic acids is 1. The van der Waals surface area contributed by atoms with Crippen LogP contribution < -0.4 is 10.1 Å². The van der Waals surface area contributed by atoms with Crippen LogP contribution in [0.2, 0.25) is 5.02 Å². The highest BCUT2D eigenvalue weighted by Gasteiger charge is 2.21. The van der Waals surface area contributed by atoms with Gasteiger partial charge in [0.25, 0.3) is 0 Å². The zero-order valence-electron chi connectivity index (χ0n) is 14.3. The zero-order chi connectivity index (χ0) is 18.9. The maximum Gasteiger partial charge on any atom is 0.326 e. The van der Waals surface area contributed by atoms with Crippen molar-refractivity contribution in [3.8, 4) is 5.75 Å². The van der Waals surface area contributed by atoms with Crippen LogP contribution in [0.3, 0.4) is 0 Å². The van der Waals surface area contributed by atoms with Crippen molar-refractivity contribution in [3.63, 3.8) is 0 Å². The van der Waals surface area contributed by atoms with Crippen molar-refractivity contribution in [2.75, 3.05) is 13.7 Å². The lowest BCUT2D eigenvalue weighted by atomic mass is 10.1. The summed E-state index contributed by atoms with van der Waals surface area (Å²) < 4.78 is 10.4. The monoisotopic (exact) mass is 377 g/mol. The molecule has 0 saturated heterocycles. The Labute approximate surface area is 156 Å². The second-order valence-electron chi connectivity index (χ2n) is 5.61. The predicted octanol–water partition coefficient (Wildman–Crippen LogP) is 2.68. The summed E-state index contributed by atoms with van der Waals surface area (Å²) in [6.45, 7) is 0.0577. The molecule has 1 amide bonds. The van der Waals surface area contributed by atoms with Crippen LogP contribution in [0.1, 0.15) is 11.1 Å². The van der Waals surface area contributed by atoms with Gasteiger partial charge in [0.15, 0.2) is 0 Å². The van der Waals surface area contributed by atoms with Gasteiger partial charge in [-0.25, -0.2) is 4.79 Å². The summed E-state index contributed by atoms with van der Waals surface area (Å²) in [5.74, 6) is -1.12. The first-order chi connectivity index (χ1) is 12.5. The van der Waals surface area contributed by atoms with Gasteiger partial charge < -0.3 is 19.9 Å². The topological polar surface area (TPSA) is 84.9 Å². The smallest absolute Gasteiger partial charge is 0.326 e. The molecule has 2 rings (SSSR count). The van der Waals surface area contributed by atoms with Crippen LogP contribution in [0.4, 0.5) is 0 Å². The van der Waals surface area contributed by atoms with Crippen LogP contribution in [0.15, 0.2) is 48.5 Å². The summed E-state index contributed by atoms with van der Waals surface area (Å²) in [6.07, 6.45) is 0.101. The number of rotatable bonds is 9. The van der Waals surface area contributed by atoms with Gasteiger partial charge in [-0.3, -0.25) is 4.79 Å². The van der Waals surface area contributed by atoms with Crippen LogP contribution >= 0.6 is 11.6 Å². The number of carbonyl (C=O) groups is 2. The van der Waals surface area contributed by atoms with Gasteiger partial charge in [-0.2, -0.15) is 0 Å². The number of hydrogen-bond donors (Lipinski definition) is 2. The fourth-order valence-corrected chi connectivity index (χ4v) is 2.62. The van der Waals surface area contributed by atoms with Crippen LogP contribution in [0.25, 0.3) is 0 Å². The van der Waals surface area contributed by atoms with E-state index in [0.29, 0.717) is 16.3 Å². The van der Waals surface area contributed by atoms with Gasteiger partial charge in [-0.15, -0.1) is 0 Å². The van der Waals surface area contributed by atoms with E-state index in [1.165, 1.54) is 7.11 Å². The second kappa shape index (κ2) is 9.79. The number of ether oxygens (including phenoxy) is 2. The van der Waals surface area contributed by atoms with Crippen molar-refractivity contribution < 1.29 is 24.2 Å². The Morgan fingerprint density at radius 3 is 2.50 bits per heavy atom. The SMILES string of the molecule is COc1ccc(C[C@H](NC(=O)COCc2ccccc2)C(=O)O)cc1Cl. The quantitative estimate of drug-likeness (QED) is 0.701. The molecule has 0 heterocycles. The number of carbonyl (C=O) groups excluding carboxylic acids is 1. The van der Waals surface area contributed by atoms with E-state index in [4.69, 9.17) is 21.1 Å². The first kappa shape index (κ1) is 19.8. The van der Waals surface area contributed by atoms with Gasteiger partial charge in [0.2, 0.25) is 5.91 Å². The Bertz CT molecular complexity index is 751. The maximum absolute atomic E-state index is 12.0. The molecule has 0 spiro atoms. The lowest BCUT2D eigenvalue weighted by Crippen LogP contribution is -2.43. The maximum atomic E-state index is 12.0. The van der Waals surface area contributed by atoms with Crippen LogP contribution in [0.5, 0.6) is 5.75 Å². The molecule has 0 aliphatic heterocycles. The average molecular weight is 378 g/mol. The molecule has 0 aliphatic carbocycles. The summed E-state index contributed by atoms with van der Waals surface area (Å²) in [5.41, 5.74) is 1.61. The molecule has 7 heteroatoms. The molecule has 2 N–H and O–H groups in total. The molecule has 26 heavy (non-hydrogen) atoms. The zero-order valence-corrected chi connectivity index (χ0v) is 15.0. The lowest BCUT2D eigenvalue weighted by molar-refractivity contribution is -0.142. The molecule has 0 radical (unpaired) electrons. The number of amides is 1. The summed E-state index contributed by atoms with van der Waals surface area (Å²) in [6, 6.07) is 13.3. The van der Waals surface area contributed by atoms with Crippen LogP contribution in [-0.4, -0.2) is 36.7 Å². The average Bonchev–Trinajstić information content (AvgIpc) is 2.62. The van der Waals surface area contributed by atoms with Crippen LogP contribution in [-0.2, 0) is 27.4 Å². The number of nitrogens with one attached hydrogen (secondary N) is 1. The molecule has 138 valence electrons. The van der Waals surface area contributed by atoms with E-state index in [1.54, 1.807) is 18.2 Å². The molecule has 0 aliphatic rings. The molecule has 0 bridgehead atoms. The highest BCUT2D eigenvalue weighted by Crippen LogP contribution is 2.25. The third kappa shape index (κ3) is 6.06. The predicted molar refractivity (Wildman–Crippen MR) is 97.4 cm³/mol. The van der Waals surface area contributed by atoms with Crippen molar-refractivity contribution in [2.45, 2.75) is 19.1 Å². The number of benzene rings is 2.